The smallest absolute Gasteiger partial charge is 0.233 e. The van der Waals surface area contributed by atoms with Gasteiger partial charge in [-0.05, 0) is 36.0 Å². The quantitative estimate of drug-likeness (QED) is 0.854. The van der Waals surface area contributed by atoms with Gasteiger partial charge in [0.2, 0.25) is 5.91 Å². The van der Waals surface area contributed by atoms with Gasteiger partial charge in [-0.25, -0.2) is 0 Å². The molecule has 1 fully saturated rings. The van der Waals surface area contributed by atoms with Gasteiger partial charge in [0.1, 0.15) is 18.6 Å². The van der Waals surface area contributed by atoms with E-state index in [1.807, 2.05) is 36.9 Å². The van der Waals surface area contributed by atoms with Gasteiger partial charge in [0.05, 0.1) is 5.75 Å². The Hall–Kier alpha value is -1.40. The molecule has 1 aromatic carbocycles. The number of carbonyl (C=O) groups is 1. The molecular weight excluding hydrogens is 326 g/mol. The maximum Gasteiger partial charge on any atom is 0.233 e. The highest BCUT2D eigenvalue weighted by atomic mass is 32.2. The minimum atomic E-state index is -0.0948. The van der Waals surface area contributed by atoms with E-state index in [4.69, 9.17) is 9.47 Å². The van der Waals surface area contributed by atoms with Crippen LogP contribution in [0.1, 0.15) is 37.6 Å². The molecule has 1 atom stereocenters. The third-order valence-corrected chi connectivity index (χ3v) is 5.76. The standard InChI is InChI=1S/C18H25NO4S/c1-18(2,12-20)6-3-7-19-16(21)11-24-17(19)13-4-5-14-15(10-13)23-9-8-22-14/h4-5,10,17,20H,3,6-9,11-12H2,1-2H3. The van der Waals surface area contributed by atoms with E-state index < -0.39 is 0 Å². The molecule has 0 aliphatic carbocycles. The van der Waals surface area contributed by atoms with E-state index in [2.05, 4.69) is 0 Å². The van der Waals surface area contributed by atoms with E-state index in [0.29, 0.717) is 25.5 Å². The Morgan fingerprint density at radius 1 is 1.29 bits per heavy atom. The summed E-state index contributed by atoms with van der Waals surface area (Å²) in [5, 5.41) is 9.40. The summed E-state index contributed by atoms with van der Waals surface area (Å²) in [6.45, 7) is 6.12. The van der Waals surface area contributed by atoms with Crippen molar-refractivity contribution in [2.75, 3.05) is 32.1 Å². The molecule has 1 amide bonds. The second-order valence-electron chi connectivity index (χ2n) is 7.08. The summed E-state index contributed by atoms with van der Waals surface area (Å²) in [5.41, 5.74) is 0.985. The average molecular weight is 351 g/mol. The first-order valence-corrected chi connectivity index (χ1v) is 9.46. The maximum absolute atomic E-state index is 12.3. The largest absolute Gasteiger partial charge is 0.486 e. The molecular formula is C18H25NO4S. The normalized spacial score (nSPS) is 20.5. The van der Waals surface area contributed by atoms with Crippen LogP contribution in [0.15, 0.2) is 18.2 Å². The van der Waals surface area contributed by atoms with Gasteiger partial charge in [-0.2, -0.15) is 0 Å². The Balaban J connectivity index is 1.69. The molecule has 0 aromatic heterocycles. The minimum absolute atomic E-state index is 0.0329. The fourth-order valence-electron chi connectivity index (χ4n) is 2.99. The van der Waals surface area contributed by atoms with Crippen molar-refractivity contribution in [3.05, 3.63) is 23.8 Å². The lowest BCUT2D eigenvalue weighted by molar-refractivity contribution is -0.128. The predicted molar refractivity (Wildman–Crippen MR) is 94.4 cm³/mol. The van der Waals surface area contributed by atoms with Crippen LogP contribution >= 0.6 is 11.8 Å². The summed E-state index contributed by atoms with van der Waals surface area (Å²) < 4.78 is 11.2. The first-order chi connectivity index (χ1) is 11.5. The molecule has 1 saturated heterocycles. The van der Waals surface area contributed by atoms with Crippen molar-refractivity contribution < 1.29 is 19.4 Å². The third-order valence-electron chi connectivity index (χ3n) is 4.50. The van der Waals surface area contributed by atoms with Gasteiger partial charge in [-0.15, -0.1) is 11.8 Å². The van der Waals surface area contributed by atoms with Crippen molar-refractivity contribution in [1.29, 1.82) is 0 Å². The Bertz CT molecular complexity index is 605. The van der Waals surface area contributed by atoms with Crippen molar-refractivity contribution in [1.82, 2.24) is 4.90 Å². The van der Waals surface area contributed by atoms with Gasteiger partial charge in [0.25, 0.3) is 0 Å². The third kappa shape index (κ3) is 3.81. The van der Waals surface area contributed by atoms with Crippen LogP contribution in [0.4, 0.5) is 0 Å². The fourth-order valence-corrected chi connectivity index (χ4v) is 4.20. The van der Waals surface area contributed by atoms with Gasteiger partial charge < -0.3 is 19.5 Å². The van der Waals surface area contributed by atoms with Gasteiger partial charge in [0, 0.05) is 13.2 Å². The van der Waals surface area contributed by atoms with E-state index in [0.717, 1.165) is 29.9 Å². The Morgan fingerprint density at radius 3 is 2.79 bits per heavy atom. The molecule has 3 rings (SSSR count). The highest BCUT2D eigenvalue weighted by Gasteiger charge is 2.33. The van der Waals surface area contributed by atoms with Crippen molar-refractivity contribution in [3.63, 3.8) is 0 Å². The SMILES string of the molecule is CC(C)(CO)CCCN1C(=O)CSC1c1ccc2c(c1)OCCO2. The van der Waals surface area contributed by atoms with Crippen LogP contribution in [0.3, 0.4) is 0 Å². The van der Waals surface area contributed by atoms with Crippen LogP contribution in [-0.2, 0) is 4.79 Å². The molecule has 2 aliphatic heterocycles. The van der Waals surface area contributed by atoms with E-state index in [1.165, 1.54) is 0 Å². The first kappa shape index (κ1) is 17.4. The topological polar surface area (TPSA) is 59.0 Å². The molecule has 0 radical (unpaired) electrons. The van der Waals surface area contributed by atoms with E-state index in [9.17, 15) is 9.90 Å². The number of ether oxygens (including phenoxy) is 2. The van der Waals surface area contributed by atoms with Gasteiger partial charge >= 0.3 is 0 Å². The van der Waals surface area contributed by atoms with Gasteiger partial charge in [0.15, 0.2) is 11.5 Å². The Labute approximate surface area is 147 Å². The number of aliphatic hydroxyl groups is 1. The molecule has 0 bridgehead atoms. The first-order valence-electron chi connectivity index (χ1n) is 8.42. The number of nitrogens with zero attached hydrogens (tertiary/aromatic N) is 1. The van der Waals surface area contributed by atoms with Crippen molar-refractivity contribution >= 4 is 17.7 Å². The Kier molecular flexibility index (Phi) is 5.25. The zero-order valence-corrected chi connectivity index (χ0v) is 15.1. The molecule has 0 spiro atoms. The zero-order valence-electron chi connectivity index (χ0n) is 14.3. The molecule has 132 valence electrons. The van der Waals surface area contributed by atoms with Gasteiger partial charge in [-0.1, -0.05) is 19.9 Å². The van der Waals surface area contributed by atoms with Crippen LogP contribution in [0.2, 0.25) is 0 Å². The van der Waals surface area contributed by atoms with E-state index in [-0.39, 0.29) is 23.3 Å². The minimum Gasteiger partial charge on any atom is -0.486 e. The zero-order chi connectivity index (χ0) is 17.2. The summed E-state index contributed by atoms with van der Waals surface area (Å²) in [5.74, 6) is 2.24. The highest BCUT2D eigenvalue weighted by molar-refractivity contribution is 8.00. The second-order valence-corrected chi connectivity index (χ2v) is 8.15. The molecule has 24 heavy (non-hydrogen) atoms. The summed E-state index contributed by atoms with van der Waals surface area (Å²) in [6, 6.07) is 5.95. The Morgan fingerprint density at radius 2 is 2.04 bits per heavy atom. The molecule has 0 saturated carbocycles. The van der Waals surface area contributed by atoms with Crippen LogP contribution in [-0.4, -0.2) is 48.0 Å². The fraction of sp³-hybridized carbons (Fsp3) is 0.611. The number of hydrogen-bond acceptors (Lipinski definition) is 5. The monoisotopic (exact) mass is 351 g/mol. The lowest BCUT2D eigenvalue weighted by atomic mass is 9.89. The molecule has 2 aliphatic rings. The van der Waals surface area contributed by atoms with Crippen molar-refractivity contribution in [3.8, 4) is 11.5 Å². The number of rotatable bonds is 6. The summed E-state index contributed by atoms with van der Waals surface area (Å²) in [6.07, 6.45) is 1.78. The van der Waals surface area contributed by atoms with Crippen LogP contribution in [0.5, 0.6) is 11.5 Å². The average Bonchev–Trinajstić information content (AvgIpc) is 2.95. The van der Waals surface area contributed by atoms with Crippen LogP contribution < -0.4 is 9.47 Å². The van der Waals surface area contributed by atoms with E-state index in [1.54, 1.807) is 11.8 Å². The molecule has 2 heterocycles. The molecule has 1 aromatic rings. The lowest BCUT2D eigenvalue weighted by Crippen LogP contribution is -2.30. The number of benzene rings is 1. The van der Waals surface area contributed by atoms with Crippen LogP contribution in [0.25, 0.3) is 0 Å². The number of fused-ring (bicyclic) bond motifs is 1. The maximum atomic E-state index is 12.3. The summed E-state index contributed by atoms with van der Waals surface area (Å²) in [7, 11) is 0. The molecule has 1 N–H and O–H groups in total. The number of thioether (sulfide) groups is 1. The number of hydrogen-bond donors (Lipinski definition) is 1. The number of amides is 1. The van der Waals surface area contributed by atoms with Gasteiger partial charge in [-0.3, -0.25) is 4.79 Å². The second kappa shape index (κ2) is 7.23. The number of carbonyl (C=O) groups excluding carboxylic acids is 1. The van der Waals surface area contributed by atoms with Crippen LogP contribution in [0, 0.1) is 5.41 Å². The molecule has 1 unspecified atom stereocenters. The van der Waals surface area contributed by atoms with E-state index >= 15 is 0 Å². The number of aliphatic hydroxyl groups excluding tert-OH is 1. The summed E-state index contributed by atoms with van der Waals surface area (Å²) in [4.78, 5) is 14.2. The lowest BCUT2D eigenvalue weighted by Gasteiger charge is -2.28. The summed E-state index contributed by atoms with van der Waals surface area (Å²) >= 11 is 1.66. The van der Waals surface area contributed by atoms with Crippen molar-refractivity contribution in [2.24, 2.45) is 5.41 Å². The molecule has 5 nitrogen and oxygen atoms in total. The highest BCUT2D eigenvalue weighted by Crippen LogP contribution is 2.42. The molecule has 6 heteroatoms. The van der Waals surface area contributed by atoms with Crippen molar-refractivity contribution in [2.45, 2.75) is 32.1 Å². The predicted octanol–water partition coefficient (Wildman–Crippen LogP) is 2.83.